The van der Waals surface area contributed by atoms with Crippen LogP contribution < -0.4 is 5.32 Å². The molecule has 13 heavy (non-hydrogen) atoms. The zero-order valence-corrected chi connectivity index (χ0v) is 8.69. The van der Waals surface area contributed by atoms with Crippen molar-refractivity contribution in [2.75, 3.05) is 12.0 Å². The molecule has 0 bridgehead atoms. The first kappa shape index (κ1) is 12.3. The summed E-state index contributed by atoms with van der Waals surface area (Å²) in [5, 5.41) is 11.2. The van der Waals surface area contributed by atoms with Gasteiger partial charge in [0.2, 0.25) is 5.91 Å². The van der Waals surface area contributed by atoms with E-state index >= 15 is 0 Å². The van der Waals surface area contributed by atoms with Gasteiger partial charge in [0.25, 0.3) is 0 Å². The van der Waals surface area contributed by atoms with E-state index in [-0.39, 0.29) is 5.91 Å². The van der Waals surface area contributed by atoms with Crippen molar-refractivity contribution in [1.29, 1.82) is 0 Å². The Hall–Kier alpha value is -0.710. The van der Waals surface area contributed by atoms with E-state index in [1.807, 2.05) is 6.26 Å². The number of aliphatic carboxylic acids is 1. The van der Waals surface area contributed by atoms with Gasteiger partial charge in [0, 0.05) is 6.42 Å². The van der Waals surface area contributed by atoms with Crippen molar-refractivity contribution in [3.8, 4) is 0 Å². The summed E-state index contributed by atoms with van der Waals surface area (Å²) in [5.74, 6) is -0.439. The van der Waals surface area contributed by atoms with Crippen LogP contribution in [-0.2, 0) is 9.59 Å². The van der Waals surface area contributed by atoms with E-state index in [4.69, 9.17) is 5.11 Å². The fourth-order valence-corrected chi connectivity index (χ4v) is 1.26. The molecule has 2 N–H and O–H groups in total. The van der Waals surface area contributed by atoms with Crippen LogP contribution in [0.25, 0.3) is 0 Å². The standard InChI is InChI=1S/C8H15NO3S/c1-3-7(10)9-6(8(11)12)4-5-13-2/h6H,3-5H2,1-2H3,(H,9,10)(H,11,12). The smallest absolute Gasteiger partial charge is 0.326 e. The highest BCUT2D eigenvalue weighted by atomic mass is 32.2. The molecule has 0 saturated carbocycles. The molecule has 5 heteroatoms. The molecule has 1 atom stereocenters. The predicted octanol–water partition coefficient (Wildman–Crippen LogP) is 0.719. The molecule has 0 radical (unpaired) electrons. The normalized spacial score (nSPS) is 12.2. The largest absolute Gasteiger partial charge is 0.480 e. The van der Waals surface area contributed by atoms with E-state index in [0.717, 1.165) is 5.75 Å². The molecule has 1 unspecified atom stereocenters. The number of hydrogen-bond acceptors (Lipinski definition) is 3. The first-order valence-electron chi connectivity index (χ1n) is 4.13. The third-order valence-electron chi connectivity index (χ3n) is 1.57. The van der Waals surface area contributed by atoms with Gasteiger partial charge in [-0.2, -0.15) is 11.8 Å². The van der Waals surface area contributed by atoms with Crippen molar-refractivity contribution >= 4 is 23.6 Å². The topological polar surface area (TPSA) is 66.4 Å². The molecule has 0 rings (SSSR count). The fourth-order valence-electron chi connectivity index (χ4n) is 0.789. The molecule has 0 aliphatic rings. The van der Waals surface area contributed by atoms with Crippen LogP contribution in [0.4, 0.5) is 0 Å². The third kappa shape index (κ3) is 5.52. The van der Waals surface area contributed by atoms with Crippen molar-refractivity contribution < 1.29 is 14.7 Å². The Morgan fingerprint density at radius 2 is 2.15 bits per heavy atom. The molecular formula is C8H15NO3S. The minimum atomic E-state index is -0.962. The fraction of sp³-hybridized carbons (Fsp3) is 0.750. The lowest BCUT2D eigenvalue weighted by Gasteiger charge is -2.12. The average Bonchev–Trinajstić information content (AvgIpc) is 2.11. The van der Waals surface area contributed by atoms with E-state index in [2.05, 4.69) is 5.32 Å². The van der Waals surface area contributed by atoms with Crippen LogP contribution in [0.1, 0.15) is 19.8 Å². The second-order valence-electron chi connectivity index (χ2n) is 2.59. The number of carboxylic acid groups (broad SMARTS) is 1. The Labute approximate surface area is 82.1 Å². The van der Waals surface area contributed by atoms with Crippen LogP contribution >= 0.6 is 11.8 Å². The van der Waals surface area contributed by atoms with Crippen molar-refractivity contribution in [3.63, 3.8) is 0 Å². The summed E-state index contributed by atoms with van der Waals surface area (Å²) in [7, 11) is 0. The minimum absolute atomic E-state index is 0.214. The maximum Gasteiger partial charge on any atom is 0.326 e. The van der Waals surface area contributed by atoms with Gasteiger partial charge in [-0.05, 0) is 18.4 Å². The molecule has 1 amide bonds. The van der Waals surface area contributed by atoms with E-state index < -0.39 is 12.0 Å². The molecule has 0 aliphatic heterocycles. The molecule has 0 aromatic rings. The van der Waals surface area contributed by atoms with Gasteiger partial charge in [0.05, 0.1) is 0 Å². The number of rotatable bonds is 6. The first-order chi connectivity index (χ1) is 6.11. The number of nitrogens with one attached hydrogen (secondary N) is 1. The van der Waals surface area contributed by atoms with Crippen molar-refractivity contribution in [1.82, 2.24) is 5.32 Å². The summed E-state index contributed by atoms with van der Waals surface area (Å²) >= 11 is 1.57. The van der Waals surface area contributed by atoms with E-state index in [9.17, 15) is 9.59 Å². The Bertz CT molecular complexity index is 184. The van der Waals surface area contributed by atoms with Crippen LogP contribution in [0.5, 0.6) is 0 Å². The lowest BCUT2D eigenvalue weighted by atomic mass is 10.2. The number of carbonyl (C=O) groups excluding carboxylic acids is 1. The van der Waals surface area contributed by atoms with Gasteiger partial charge >= 0.3 is 5.97 Å². The van der Waals surface area contributed by atoms with E-state index in [0.29, 0.717) is 12.8 Å². The van der Waals surface area contributed by atoms with Gasteiger partial charge in [0.15, 0.2) is 0 Å². The van der Waals surface area contributed by atoms with Gasteiger partial charge in [-0.25, -0.2) is 4.79 Å². The zero-order chi connectivity index (χ0) is 10.3. The first-order valence-corrected chi connectivity index (χ1v) is 5.52. The van der Waals surface area contributed by atoms with E-state index in [1.54, 1.807) is 18.7 Å². The molecule has 76 valence electrons. The molecule has 0 aromatic carbocycles. The van der Waals surface area contributed by atoms with Crippen LogP contribution in [0, 0.1) is 0 Å². The van der Waals surface area contributed by atoms with Crippen LogP contribution in [-0.4, -0.2) is 35.0 Å². The van der Waals surface area contributed by atoms with Gasteiger partial charge in [0.1, 0.15) is 6.04 Å². The zero-order valence-electron chi connectivity index (χ0n) is 7.87. The van der Waals surface area contributed by atoms with E-state index in [1.165, 1.54) is 0 Å². The van der Waals surface area contributed by atoms with Gasteiger partial charge in [-0.1, -0.05) is 6.92 Å². The van der Waals surface area contributed by atoms with Crippen molar-refractivity contribution in [2.45, 2.75) is 25.8 Å². The molecule has 0 spiro atoms. The Balaban J connectivity index is 3.94. The summed E-state index contributed by atoms with van der Waals surface area (Å²) in [6, 6.07) is -0.736. The van der Waals surface area contributed by atoms with Crippen LogP contribution in [0.3, 0.4) is 0 Å². The lowest BCUT2D eigenvalue weighted by Crippen LogP contribution is -2.40. The molecule has 0 fully saturated rings. The number of amides is 1. The summed E-state index contributed by atoms with van der Waals surface area (Å²) in [6.45, 7) is 1.70. The predicted molar refractivity (Wildman–Crippen MR) is 52.9 cm³/mol. The van der Waals surface area contributed by atoms with Gasteiger partial charge in [-0.3, -0.25) is 4.79 Å². The lowest BCUT2D eigenvalue weighted by molar-refractivity contribution is -0.141. The highest BCUT2D eigenvalue weighted by Gasteiger charge is 2.17. The maximum atomic E-state index is 10.9. The number of carboxylic acids is 1. The number of thioether (sulfide) groups is 1. The maximum absolute atomic E-state index is 10.9. The molecular weight excluding hydrogens is 190 g/mol. The quantitative estimate of drug-likeness (QED) is 0.670. The van der Waals surface area contributed by atoms with Crippen LogP contribution in [0.2, 0.25) is 0 Å². The average molecular weight is 205 g/mol. The highest BCUT2D eigenvalue weighted by molar-refractivity contribution is 7.98. The molecule has 0 aromatic heterocycles. The molecule has 0 aliphatic carbocycles. The minimum Gasteiger partial charge on any atom is -0.480 e. The van der Waals surface area contributed by atoms with Crippen molar-refractivity contribution in [3.05, 3.63) is 0 Å². The SMILES string of the molecule is CCC(=O)NC(CCSC)C(=O)O. The summed E-state index contributed by atoms with van der Waals surface area (Å²) in [4.78, 5) is 21.5. The van der Waals surface area contributed by atoms with Gasteiger partial charge in [-0.15, -0.1) is 0 Å². The van der Waals surface area contributed by atoms with Crippen LogP contribution in [0.15, 0.2) is 0 Å². The Kier molecular flexibility index (Phi) is 6.40. The van der Waals surface area contributed by atoms with Gasteiger partial charge < -0.3 is 10.4 Å². The number of carbonyl (C=O) groups is 2. The summed E-state index contributed by atoms with van der Waals surface area (Å²) in [5.41, 5.74) is 0. The summed E-state index contributed by atoms with van der Waals surface area (Å²) < 4.78 is 0. The molecule has 0 heterocycles. The molecule has 0 saturated heterocycles. The highest BCUT2D eigenvalue weighted by Crippen LogP contribution is 2.01. The second kappa shape index (κ2) is 6.77. The second-order valence-corrected chi connectivity index (χ2v) is 3.58. The molecule has 4 nitrogen and oxygen atoms in total. The number of hydrogen-bond donors (Lipinski definition) is 2. The summed E-state index contributed by atoms with van der Waals surface area (Å²) in [6.07, 6.45) is 2.70. The monoisotopic (exact) mass is 205 g/mol. The van der Waals surface area contributed by atoms with Crippen molar-refractivity contribution in [2.24, 2.45) is 0 Å². The Morgan fingerprint density at radius 3 is 2.54 bits per heavy atom. The Morgan fingerprint density at radius 1 is 1.54 bits per heavy atom. The third-order valence-corrected chi connectivity index (χ3v) is 2.21.